The van der Waals surface area contributed by atoms with Gasteiger partial charge in [-0.3, -0.25) is 9.48 Å². The number of H-pyrrole nitrogens is 1. The summed E-state index contributed by atoms with van der Waals surface area (Å²) in [7, 11) is 1.87. The molecule has 21 heavy (non-hydrogen) atoms. The first-order chi connectivity index (χ1) is 10.0. The highest BCUT2D eigenvalue weighted by molar-refractivity contribution is 5.88. The lowest BCUT2D eigenvalue weighted by molar-refractivity contribution is -0.138. The van der Waals surface area contributed by atoms with Gasteiger partial charge in [0.25, 0.3) is 0 Å². The van der Waals surface area contributed by atoms with Gasteiger partial charge in [0.1, 0.15) is 6.04 Å². The molecule has 0 fully saturated rings. The Hall–Kier alpha value is -2.60. The van der Waals surface area contributed by atoms with Crippen molar-refractivity contribution in [3.05, 3.63) is 42.4 Å². The Morgan fingerprint density at radius 1 is 1.48 bits per heavy atom. The van der Waals surface area contributed by atoms with Gasteiger partial charge in [-0.2, -0.15) is 5.10 Å². The average molecular weight is 284 g/mol. The van der Waals surface area contributed by atoms with Gasteiger partial charge in [0.05, 0.1) is 6.20 Å². The predicted molar refractivity (Wildman–Crippen MR) is 79.8 cm³/mol. The summed E-state index contributed by atoms with van der Waals surface area (Å²) in [6.07, 6.45) is 5.86. The van der Waals surface area contributed by atoms with E-state index in [0.717, 1.165) is 27.6 Å². The Kier molecular flexibility index (Phi) is 3.23. The molecule has 0 aliphatic heterocycles. The van der Waals surface area contributed by atoms with Gasteiger partial charge in [-0.05, 0) is 23.3 Å². The number of carbonyl (C=O) groups is 1. The predicted octanol–water partition coefficient (Wildman–Crippen LogP) is 1.52. The van der Waals surface area contributed by atoms with E-state index in [1.54, 1.807) is 10.9 Å². The molecule has 0 bridgehead atoms. The number of aromatic amines is 1. The minimum absolute atomic E-state index is 0.297. The lowest BCUT2D eigenvalue weighted by Gasteiger charge is -2.05. The number of rotatable bonds is 4. The smallest absolute Gasteiger partial charge is 0.320 e. The van der Waals surface area contributed by atoms with Gasteiger partial charge >= 0.3 is 5.97 Å². The zero-order valence-corrected chi connectivity index (χ0v) is 11.6. The molecule has 0 saturated carbocycles. The number of benzene rings is 1. The van der Waals surface area contributed by atoms with E-state index < -0.39 is 12.0 Å². The summed E-state index contributed by atoms with van der Waals surface area (Å²) < 4.78 is 1.75. The normalized spacial score (nSPS) is 12.7. The quantitative estimate of drug-likeness (QED) is 0.676. The summed E-state index contributed by atoms with van der Waals surface area (Å²) >= 11 is 0. The number of fused-ring (bicyclic) bond motifs is 1. The Bertz CT molecular complexity index is 803. The minimum Gasteiger partial charge on any atom is -0.480 e. The Morgan fingerprint density at radius 2 is 2.29 bits per heavy atom. The Morgan fingerprint density at radius 3 is 2.95 bits per heavy atom. The van der Waals surface area contributed by atoms with Crippen molar-refractivity contribution in [3.8, 4) is 11.1 Å². The van der Waals surface area contributed by atoms with Gasteiger partial charge in [-0.1, -0.05) is 6.07 Å². The lowest BCUT2D eigenvalue weighted by atomic mass is 10.0. The minimum atomic E-state index is -0.993. The summed E-state index contributed by atoms with van der Waals surface area (Å²) in [5, 5.41) is 14.1. The molecule has 3 rings (SSSR count). The summed E-state index contributed by atoms with van der Waals surface area (Å²) in [5.41, 5.74) is 9.56. The molecule has 0 saturated heterocycles. The van der Waals surface area contributed by atoms with Gasteiger partial charge < -0.3 is 15.8 Å². The maximum atomic E-state index is 10.9. The molecule has 1 aromatic carbocycles. The number of nitrogens with two attached hydrogens (primary N) is 1. The van der Waals surface area contributed by atoms with E-state index in [9.17, 15) is 4.79 Å². The van der Waals surface area contributed by atoms with Crippen LogP contribution < -0.4 is 5.73 Å². The molecule has 0 radical (unpaired) electrons. The van der Waals surface area contributed by atoms with Crippen LogP contribution >= 0.6 is 0 Å². The van der Waals surface area contributed by atoms with Crippen LogP contribution in [0.2, 0.25) is 0 Å². The molecule has 6 nitrogen and oxygen atoms in total. The standard InChI is InChI=1S/C15H16N4O2/c1-19-8-11(7-18-19)9-2-3-14-12(4-9)10(6-17-14)5-13(16)15(20)21/h2-4,6-8,13,17H,5,16H2,1H3,(H,20,21)/t13-/m0/s1. The molecule has 0 spiro atoms. The van der Waals surface area contributed by atoms with E-state index >= 15 is 0 Å². The van der Waals surface area contributed by atoms with Gasteiger partial charge in [0.15, 0.2) is 0 Å². The number of nitrogens with zero attached hydrogens (tertiary/aromatic N) is 2. The monoisotopic (exact) mass is 284 g/mol. The molecule has 4 N–H and O–H groups in total. The fourth-order valence-corrected chi connectivity index (χ4v) is 2.42. The number of carboxylic acid groups (broad SMARTS) is 1. The van der Waals surface area contributed by atoms with Crippen LogP contribution in [0.1, 0.15) is 5.56 Å². The number of aromatic nitrogens is 3. The van der Waals surface area contributed by atoms with Crippen LogP contribution in [0.5, 0.6) is 0 Å². The fourth-order valence-electron chi connectivity index (χ4n) is 2.42. The number of carboxylic acids is 1. The third kappa shape index (κ3) is 2.53. The van der Waals surface area contributed by atoms with Crippen molar-refractivity contribution in [1.82, 2.24) is 14.8 Å². The van der Waals surface area contributed by atoms with Crippen molar-refractivity contribution in [2.24, 2.45) is 12.8 Å². The van der Waals surface area contributed by atoms with Crippen LogP contribution in [-0.2, 0) is 18.3 Å². The zero-order chi connectivity index (χ0) is 15.0. The molecule has 0 aliphatic rings. The fraction of sp³-hybridized carbons (Fsp3) is 0.200. The van der Waals surface area contributed by atoms with Crippen LogP contribution in [0.3, 0.4) is 0 Å². The highest BCUT2D eigenvalue weighted by Crippen LogP contribution is 2.26. The highest BCUT2D eigenvalue weighted by Gasteiger charge is 2.15. The largest absolute Gasteiger partial charge is 0.480 e. The van der Waals surface area contributed by atoms with E-state index in [2.05, 4.69) is 10.1 Å². The summed E-state index contributed by atoms with van der Waals surface area (Å²) in [6.45, 7) is 0. The van der Waals surface area contributed by atoms with Gasteiger partial charge in [-0.15, -0.1) is 0 Å². The van der Waals surface area contributed by atoms with Crippen molar-refractivity contribution >= 4 is 16.9 Å². The van der Waals surface area contributed by atoms with E-state index in [4.69, 9.17) is 10.8 Å². The maximum absolute atomic E-state index is 10.9. The molecule has 1 atom stereocenters. The Labute approximate surface area is 121 Å². The summed E-state index contributed by atoms with van der Waals surface area (Å²) in [6, 6.07) is 5.13. The summed E-state index contributed by atoms with van der Waals surface area (Å²) in [4.78, 5) is 14.1. The Balaban J connectivity index is 2.01. The van der Waals surface area contributed by atoms with Crippen molar-refractivity contribution < 1.29 is 9.90 Å². The first-order valence-corrected chi connectivity index (χ1v) is 6.62. The molecule has 2 aromatic heterocycles. The first-order valence-electron chi connectivity index (χ1n) is 6.62. The molecule has 2 heterocycles. The highest BCUT2D eigenvalue weighted by atomic mass is 16.4. The zero-order valence-electron chi connectivity index (χ0n) is 11.6. The number of aryl methyl sites for hydroxylation is 1. The second-order valence-electron chi connectivity index (χ2n) is 5.13. The maximum Gasteiger partial charge on any atom is 0.320 e. The topological polar surface area (TPSA) is 96.9 Å². The number of hydrogen-bond donors (Lipinski definition) is 3. The van der Waals surface area contributed by atoms with Gasteiger partial charge in [0.2, 0.25) is 0 Å². The SMILES string of the molecule is Cn1cc(-c2ccc3[nH]cc(C[C@H](N)C(=O)O)c3c2)cn1. The summed E-state index contributed by atoms with van der Waals surface area (Å²) in [5.74, 6) is -0.993. The van der Waals surface area contributed by atoms with Gasteiger partial charge in [-0.25, -0.2) is 0 Å². The van der Waals surface area contributed by atoms with E-state index in [0.29, 0.717) is 6.42 Å². The number of nitrogens with one attached hydrogen (secondary N) is 1. The van der Waals surface area contributed by atoms with E-state index in [1.807, 2.05) is 37.6 Å². The van der Waals surface area contributed by atoms with Gasteiger partial charge in [0, 0.05) is 42.3 Å². The molecule has 3 aromatic rings. The second-order valence-corrected chi connectivity index (χ2v) is 5.13. The van der Waals surface area contributed by atoms with Crippen LogP contribution in [0.15, 0.2) is 36.8 Å². The van der Waals surface area contributed by atoms with Crippen LogP contribution in [0.4, 0.5) is 0 Å². The molecule has 0 unspecified atom stereocenters. The molecular formula is C15H16N4O2. The van der Waals surface area contributed by atoms with Crippen LogP contribution in [-0.4, -0.2) is 31.9 Å². The van der Waals surface area contributed by atoms with E-state index in [-0.39, 0.29) is 0 Å². The lowest BCUT2D eigenvalue weighted by Crippen LogP contribution is -2.32. The molecule has 6 heteroatoms. The second kappa shape index (κ2) is 5.06. The van der Waals surface area contributed by atoms with Crippen LogP contribution in [0, 0.1) is 0 Å². The molecule has 0 amide bonds. The number of aliphatic carboxylic acids is 1. The molecule has 108 valence electrons. The van der Waals surface area contributed by atoms with Crippen LogP contribution in [0.25, 0.3) is 22.0 Å². The average Bonchev–Trinajstić information content (AvgIpc) is 3.05. The van der Waals surface area contributed by atoms with Crippen molar-refractivity contribution in [3.63, 3.8) is 0 Å². The first kappa shape index (κ1) is 13.4. The van der Waals surface area contributed by atoms with Crippen molar-refractivity contribution in [2.75, 3.05) is 0 Å². The molecular weight excluding hydrogens is 268 g/mol. The van der Waals surface area contributed by atoms with Crippen molar-refractivity contribution in [2.45, 2.75) is 12.5 Å². The van der Waals surface area contributed by atoms with Crippen molar-refractivity contribution in [1.29, 1.82) is 0 Å². The third-order valence-corrected chi connectivity index (χ3v) is 3.56. The van der Waals surface area contributed by atoms with E-state index in [1.165, 1.54) is 0 Å². The third-order valence-electron chi connectivity index (χ3n) is 3.56. The number of hydrogen-bond acceptors (Lipinski definition) is 3. The molecule has 0 aliphatic carbocycles.